The molecule has 4 N–H and O–H groups in total. The molecule has 0 unspecified atom stereocenters. The van der Waals surface area contributed by atoms with E-state index in [9.17, 15) is 25.3 Å². The largest absolute Gasteiger partial charge is 0.412 e. The predicted molar refractivity (Wildman–Crippen MR) is 104 cm³/mol. The highest BCUT2D eigenvalue weighted by Crippen LogP contribution is 2.67. The second kappa shape index (κ2) is 5.93. The highest BCUT2D eigenvalue weighted by atomic mass is 16.5. The molecule has 0 aliphatic heterocycles. The minimum Gasteiger partial charge on any atom is -0.412 e. The van der Waals surface area contributed by atoms with Gasteiger partial charge in [-0.2, -0.15) is 0 Å². The number of aliphatic hydroxyl groups is 3. The average molecular weight is 402 g/mol. The van der Waals surface area contributed by atoms with Crippen molar-refractivity contribution in [3.05, 3.63) is 23.0 Å². The zero-order chi connectivity index (χ0) is 20.8. The Morgan fingerprint density at radius 1 is 1.34 bits per heavy atom. The first-order valence-corrected chi connectivity index (χ1v) is 10.7. The third-order valence-corrected chi connectivity index (χ3v) is 9.11. The molecule has 7 atom stereocenters. The Labute approximate surface area is 170 Å². The molecule has 0 saturated heterocycles. The number of allylic oxidation sites excluding steroid dienone is 1. The third kappa shape index (κ3) is 2.29. The van der Waals surface area contributed by atoms with Crippen molar-refractivity contribution >= 4 is 11.9 Å². The first-order valence-electron chi connectivity index (χ1n) is 10.7. The van der Waals surface area contributed by atoms with E-state index < -0.39 is 29.5 Å². The summed E-state index contributed by atoms with van der Waals surface area (Å²) in [5, 5.41) is 46.0. The van der Waals surface area contributed by atoms with E-state index in [1.165, 1.54) is 5.57 Å². The Morgan fingerprint density at radius 2 is 2.10 bits per heavy atom. The summed E-state index contributed by atoms with van der Waals surface area (Å²) in [4.78, 5) is 13.3. The number of hydrogen-bond acceptors (Lipinski definition) is 6. The number of rotatable bonds is 2. The number of nitrogens with zero attached hydrogens (tertiary/aromatic N) is 2. The fraction of sp³-hybridized carbons (Fsp3) is 0.727. The molecule has 1 aromatic rings. The van der Waals surface area contributed by atoms with Crippen LogP contribution in [0.3, 0.4) is 0 Å². The maximum Gasteiger partial charge on any atom is 0.190 e. The highest BCUT2D eigenvalue weighted by molar-refractivity contribution is 5.89. The zero-order valence-corrected chi connectivity index (χ0v) is 17.0. The Hall–Kier alpha value is -1.70. The quantitative estimate of drug-likeness (QED) is 0.558. The van der Waals surface area contributed by atoms with Crippen LogP contribution in [-0.4, -0.2) is 54.6 Å². The number of carbonyl (C=O) groups is 1. The molecular weight excluding hydrogens is 372 g/mol. The molecule has 158 valence electrons. The van der Waals surface area contributed by atoms with Gasteiger partial charge in [0, 0.05) is 11.0 Å². The lowest BCUT2D eigenvalue weighted by Crippen LogP contribution is -2.62. The highest BCUT2D eigenvalue weighted by Gasteiger charge is 2.68. The van der Waals surface area contributed by atoms with Gasteiger partial charge in [0.15, 0.2) is 5.78 Å². The monoisotopic (exact) mass is 402 g/mol. The molecule has 29 heavy (non-hydrogen) atoms. The molecular formula is C22H30N2O5. The number of aromatic nitrogens is 2. The molecule has 0 radical (unpaired) electrons. The third-order valence-electron chi connectivity index (χ3n) is 9.11. The molecule has 4 aliphatic rings. The summed E-state index contributed by atoms with van der Waals surface area (Å²) >= 11 is 0. The molecule has 3 saturated carbocycles. The van der Waals surface area contributed by atoms with Crippen LogP contribution in [0.5, 0.6) is 0 Å². The van der Waals surface area contributed by atoms with Gasteiger partial charge in [0.1, 0.15) is 12.2 Å². The van der Waals surface area contributed by atoms with Gasteiger partial charge in [-0.25, -0.2) is 0 Å². The molecule has 4 aliphatic carbocycles. The van der Waals surface area contributed by atoms with E-state index in [4.69, 9.17) is 0 Å². The first kappa shape index (κ1) is 19.3. The SMILES string of the molecule is C[C@]12Cc3cn(O)nc3C=C1CC[C@@H]1[C@@H]2[C@@H](O)C[C@@]2(C)[C@H]1CC[C@]2(O)C(=O)CO. The summed E-state index contributed by atoms with van der Waals surface area (Å²) in [6.45, 7) is 3.47. The van der Waals surface area contributed by atoms with Crippen LogP contribution in [0.1, 0.15) is 57.2 Å². The summed E-state index contributed by atoms with van der Waals surface area (Å²) in [5.74, 6) is -0.148. The number of hydrogen-bond donors (Lipinski definition) is 4. The van der Waals surface area contributed by atoms with Crippen LogP contribution in [0.2, 0.25) is 0 Å². The van der Waals surface area contributed by atoms with Crippen LogP contribution < -0.4 is 0 Å². The molecule has 7 heteroatoms. The minimum absolute atomic E-state index is 0.0300. The van der Waals surface area contributed by atoms with Gasteiger partial charge >= 0.3 is 0 Å². The predicted octanol–water partition coefficient (Wildman–Crippen LogP) is 1.57. The van der Waals surface area contributed by atoms with E-state index in [1.54, 1.807) is 6.20 Å². The van der Waals surface area contributed by atoms with Crippen molar-refractivity contribution < 1.29 is 25.3 Å². The second-order valence-electron chi connectivity index (χ2n) is 10.2. The molecule has 3 fully saturated rings. The van der Waals surface area contributed by atoms with Crippen LogP contribution in [0, 0.1) is 28.6 Å². The Bertz CT molecular complexity index is 909. The lowest BCUT2D eigenvalue weighted by atomic mass is 9.45. The van der Waals surface area contributed by atoms with Gasteiger partial charge in [-0.05, 0) is 67.8 Å². The smallest absolute Gasteiger partial charge is 0.190 e. The van der Waals surface area contributed by atoms with Crippen LogP contribution in [0.25, 0.3) is 6.08 Å². The summed E-state index contributed by atoms with van der Waals surface area (Å²) < 4.78 is 0. The van der Waals surface area contributed by atoms with Crippen molar-refractivity contribution in [2.45, 2.75) is 64.1 Å². The van der Waals surface area contributed by atoms with Crippen molar-refractivity contribution in [3.8, 4) is 0 Å². The second-order valence-corrected chi connectivity index (χ2v) is 10.2. The topological polar surface area (TPSA) is 116 Å². The van der Waals surface area contributed by atoms with Gasteiger partial charge in [-0.1, -0.05) is 19.4 Å². The maximum atomic E-state index is 12.5. The molecule has 0 bridgehead atoms. The van der Waals surface area contributed by atoms with Gasteiger partial charge in [0.2, 0.25) is 0 Å². The van der Waals surface area contributed by atoms with Crippen LogP contribution >= 0.6 is 0 Å². The van der Waals surface area contributed by atoms with E-state index in [1.807, 2.05) is 6.92 Å². The van der Waals surface area contributed by atoms with Gasteiger partial charge in [0.25, 0.3) is 0 Å². The van der Waals surface area contributed by atoms with E-state index in [0.29, 0.717) is 12.8 Å². The van der Waals surface area contributed by atoms with Gasteiger partial charge in [-0.15, -0.1) is 9.94 Å². The van der Waals surface area contributed by atoms with Crippen LogP contribution in [-0.2, 0) is 11.2 Å². The normalized spacial score (nSPS) is 45.6. The number of Topliss-reactive ketones (excluding diaryl/α,β-unsaturated/α-hetero) is 1. The minimum atomic E-state index is -1.56. The number of ketones is 1. The van der Waals surface area contributed by atoms with Crippen molar-refractivity contribution in [1.82, 2.24) is 9.94 Å². The summed E-state index contributed by atoms with van der Waals surface area (Å²) in [7, 11) is 0. The van der Waals surface area contributed by atoms with Crippen LogP contribution in [0.4, 0.5) is 0 Å². The fourth-order valence-corrected chi connectivity index (χ4v) is 7.76. The zero-order valence-electron chi connectivity index (χ0n) is 17.0. The molecule has 1 heterocycles. The first-order chi connectivity index (χ1) is 13.6. The number of fused-ring (bicyclic) bond motifs is 6. The molecule has 7 nitrogen and oxygen atoms in total. The molecule has 1 aromatic heterocycles. The van der Waals surface area contributed by atoms with Crippen molar-refractivity contribution in [1.29, 1.82) is 0 Å². The van der Waals surface area contributed by atoms with Gasteiger partial charge < -0.3 is 20.5 Å². The van der Waals surface area contributed by atoms with E-state index in [-0.39, 0.29) is 23.2 Å². The molecule has 5 rings (SSSR count). The summed E-state index contributed by atoms with van der Waals surface area (Å²) in [6, 6.07) is 0. The van der Waals surface area contributed by atoms with Gasteiger partial charge in [-0.3, -0.25) is 4.79 Å². The Balaban J connectivity index is 1.54. The van der Waals surface area contributed by atoms with E-state index in [0.717, 1.165) is 41.8 Å². The summed E-state index contributed by atoms with van der Waals surface area (Å²) in [6.07, 6.45) is 7.03. The molecule has 0 spiro atoms. The number of aliphatic hydroxyl groups excluding tert-OH is 2. The van der Waals surface area contributed by atoms with E-state index in [2.05, 4.69) is 18.1 Å². The molecule has 0 aromatic carbocycles. The standard InChI is InChI=1S/C22H30N2O5/c1-20-8-12-10-24(29)23-16(12)7-13(20)3-4-14-15-5-6-22(28,18(27)11-25)21(15,2)9-17(26)19(14)20/h7,10,14-15,17,19,25-26,28-29H,3-6,8-9,11H2,1-2H3/t14-,15-,17-,19+,20-,21-,22-/m0/s1. The van der Waals surface area contributed by atoms with Crippen molar-refractivity contribution in [2.75, 3.05) is 6.61 Å². The van der Waals surface area contributed by atoms with Gasteiger partial charge in [0.05, 0.1) is 18.0 Å². The average Bonchev–Trinajstić information content (AvgIpc) is 3.14. The maximum absolute atomic E-state index is 12.5. The lowest BCUT2D eigenvalue weighted by molar-refractivity contribution is -0.181. The van der Waals surface area contributed by atoms with Crippen molar-refractivity contribution in [3.63, 3.8) is 0 Å². The van der Waals surface area contributed by atoms with Crippen LogP contribution in [0.15, 0.2) is 11.8 Å². The fourth-order valence-electron chi connectivity index (χ4n) is 7.76. The Morgan fingerprint density at radius 3 is 2.83 bits per heavy atom. The summed E-state index contributed by atoms with van der Waals surface area (Å²) in [5.41, 5.74) is 0.540. The molecule has 0 amide bonds. The van der Waals surface area contributed by atoms with Crippen molar-refractivity contribution in [2.24, 2.45) is 28.6 Å². The van der Waals surface area contributed by atoms with E-state index >= 15 is 0 Å². The number of carbonyl (C=O) groups excluding carboxylic acids is 1. The lowest BCUT2D eigenvalue weighted by Gasteiger charge is -2.60. The Kier molecular flexibility index (Phi) is 3.94.